The number of hydrogen-bond donors (Lipinski definition) is 4. The molecule has 0 fully saturated rings. The molecular weight excluding hydrogens is 748 g/mol. The number of rotatable bonds is 14. The van der Waals surface area contributed by atoms with E-state index in [2.05, 4.69) is 15.4 Å². The van der Waals surface area contributed by atoms with Crippen molar-refractivity contribution in [1.29, 1.82) is 0 Å². The maximum absolute atomic E-state index is 12.4. The van der Waals surface area contributed by atoms with Gasteiger partial charge in [-0.05, 0) is 88.1 Å². The molecule has 4 aromatic rings. The Labute approximate surface area is 339 Å². The minimum atomic E-state index is -0.969. The Morgan fingerprint density at radius 1 is 0.534 bits per heavy atom. The fourth-order valence-corrected chi connectivity index (χ4v) is 5.12. The molecule has 0 saturated carbocycles. The summed E-state index contributed by atoms with van der Waals surface area (Å²) in [6.07, 6.45) is -1.17. The zero-order valence-corrected chi connectivity index (χ0v) is 34.2. The third kappa shape index (κ3) is 16.7. The Bertz CT molecular complexity index is 1940. The van der Waals surface area contributed by atoms with Crippen LogP contribution in [0.3, 0.4) is 0 Å². The van der Waals surface area contributed by atoms with Crippen molar-refractivity contribution >= 4 is 24.1 Å². The van der Waals surface area contributed by atoms with Crippen LogP contribution in [0.4, 0.5) is 9.59 Å². The van der Waals surface area contributed by atoms with Crippen LogP contribution in [0.15, 0.2) is 97.1 Å². The first-order valence-electron chi connectivity index (χ1n) is 18.5. The number of alkyl carbamates (subject to hydrolysis) is 2. The molecule has 14 heteroatoms. The van der Waals surface area contributed by atoms with E-state index in [9.17, 15) is 29.4 Å². The molecule has 0 aliphatic rings. The first-order valence-corrected chi connectivity index (χ1v) is 18.5. The molecule has 2 amide bonds. The number of hydrogen-bond acceptors (Lipinski definition) is 12. The van der Waals surface area contributed by atoms with Crippen molar-refractivity contribution in [3.8, 4) is 23.0 Å². The van der Waals surface area contributed by atoms with Gasteiger partial charge in [-0.25, -0.2) is 19.2 Å². The van der Waals surface area contributed by atoms with Gasteiger partial charge in [-0.1, -0.05) is 72.8 Å². The minimum Gasteiger partial charge on any atom is -0.504 e. The zero-order valence-electron chi connectivity index (χ0n) is 34.2. The quantitative estimate of drug-likeness (QED) is 0.0573. The molecule has 58 heavy (non-hydrogen) atoms. The Hall–Kier alpha value is -6.44. The number of esters is 2. The van der Waals surface area contributed by atoms with Gasteiger partial charge in [0, 0.05) is 12.8 Å². The Balaban J connectivity index is 0.000000351. The molecule has 0 spiro atoms. The lowest BCUT2D eigenvalue weighted by molar-refractivity contribution is -0.143. The molecule has 4 N–H and O–H groups in total. The summed E-state index contributed by atoms with van der Waals surface area (Å²) in [6, 6.07) is 27.3. The average Bonchev–Trinajstić information content (AvgIpc) is 3.16. The summed E-state index contributed by atoms with van der Waals surface area (Å²) in [5.74, 6) is -0.672. The molecule has 14 nitrogen and oxygen atoms in total. The lowest BCUT2D eigenvalue weighted by Gasteiger charge is -2.23. The Kier molecular flexibility index (Phi) is 17.2. The van der Waals surface area contributed by atoms with Gasteiger partial charge < -0.3 is 49.3 Å². The highest BCUT2D eigenvalue weighted by Crippen LogP contribution is 2.31. The molecule has 0 heterocycles. The maximum atomic E-state index is 12.4. The van der Waals surface area contributed by atoms with Crippen molar-refractivity contribution in [2.75, 3.05) is 14.2 Å². The molecule has 0 aromatic heterocycles. The largest absolute Gasteiger partial charge is 0.504 e. The maximum Gasteiger partial charge on any atom is 0.408 e. The van der Waals surface area contributed by atoms with E-state index in [1.807, 2.05) is 72.8 Å². The standard InChI is InChI=1S/C29H33NO6.C15H21NO6/c1-29(2,3)36-28(32)30-24(27(31)33-4)17-23-15-16-25(34-19-21-11-7-5-8-12-21)26(18-23)35-20-22-13-9-6-10-14-22;1-15(2,3)22-14(20)16-10(13(19)21-4)7-9-5-6-11(17)12(18)8-9/h5-16,18,24H,17,19-20H2,1-4H3,(H,30,32);5-6,8,10,17-18H,7H2,1-4H3,(H,16,20)/t24-;10-/m00/s1. The molecule has 2 atom stereocenters. The second-order valence-corrected chi connectivity index (χ2v) is 15.0. The molecule has 0 aliphatic carbocycles. The number of nitrogens with one attached hydrogen (secondary N) is 2. The zero-order chi connectivity index (χ0) is 42.9. The topological polar surface area (TPSA) is 188 Å². The molecule has 4 aromatic carbocycles. The highest BCUT2D eigenvalue weighted by atomic mass is 16.6. The van der Waals surface area contributed by atoms with Crippen molar-refractivity contribution in [1.82, 2.24) is 10.6 Å². The normalized spacial score (nSPS) is 12.0. The van der Waals surface area contributed by atoms with E-state index in [1.54, 1.807) is 47.6 Å². The SMILES string of the molecule is COC(=O)[C@H](Cc1ccc(O)c(O)c1)NC(=O)OC(C)(C)C.COC(=O)[C@H](Cc1ccc(OCc2ccccc2)c(OCc2ccccc2)c1)NC(=O)OC(C)(C)C. The number of methoxy groups -OCH3 is 2. The van der Waals surface area contributed by atoms with Crippen LogP contribution >= 0.6 is 0 Å². The van der Waals surface area contributed by atoms with E-state index >= 15 is 0 Å². The number of aromatic hydroxyl groups is 2. The van der Waals surface area contributed by atoms with Gasteiger partial charge in [-0.15, -0.1) is 0 Å². The van der Waals surface area contributed by atoms with E-state index in [0.29, 0.717) is 30.3 Å². The van der Waals surface area contributed by atoms with Crippen LogP contribution in [0, 0.1) is 0 Å². The van der Waals surface area contributed by atoms with E-state index in [4.69, 9.17) is 23.7 Å². The average molecular weight is 803 g/mol. The fourth-order valence-electron chi connectivity index (χ4n) is 5.12. The van der Waals surface area contributed by atoms with E-state index in [-0.39, 0.29) is 24.3 Å². The van der Waals surface area contributed by atoms with E-state index in [0.717, 1.165) is 16.7 Å². The second-order valence-electron chi connectivity index (χ2n) is 15.0. The van der Waals surface area contributed by atoms with Gasteiger partial charge in [0.15, 0.2) is 23.0 Å². The molecular formula is C44H54N2O12. The highest BCUT2D eigenvalue weighted by Gasteiger charge is 2.27. The number of amides is 2. The summed E-state index contributed by atoms with van der Waals surface area (Å²) in [5.41, 5.74) is 1.96. The van der Waals surface area contributed by atoms with Gasteiger partial charge in [-0.3, -0.25) is 0 Å². The van der Waals surface area contributed by atoms with Crippen LogP contribution in [-0.2, 0) is 54.6 Å². The summed E-state index contributed by atoms with van der Waals surface area (Å²) >= 11 is 0. The van der Waals surface area contributed by atoms with Crippen LogP contribution < -0.4 is 20.1 Å². The first kappa shape index (κ1) is 45.9. The van der Waals surface area contributed by atoms with Crippen LogP contribution in [-0.4, -0.2) is 71.8 Å². The molecule has 0 saturated heterocycles. The number of carbonyl (C=O) groups is 4. The Morgan fingerprint density at radius 2 is 0.948 bits per heavy atom. The number of phenols is 2. The van der Waals surface area contributed by atoms with Gasteiger partial charge in [0.1, 0.15) is 36.5 Å². The van der Waals surface area contributed by atoms with Crippen LogP contribution in [0.2, 0.25) is 0 Å². The van der Waals surface area contributed by atoms with Crippen molar-refractivity contribution in [2.24, 2.45) is 0 Å². The van der Waals surface area contributed by atoms with E-state index < -0.39 is 47.4 Å². The van der Waals surface area contributed by atoms with Crippen LogP contribution in [0.25, 0.3) is 0 Å². The number of ether oxygens (including phenoxy) is 6. The summed E-state index contributed by atoms with van der Waals surface area (Å²) in [4.78, 5) is 48.2. The van der Waals surface area contributed by atoms with Crippen LogP contribution in [0.5, 0.6) is 23.0 Å². The van der Waals surface area contributed by atoms with Gasteiger partial charge in [0.25, 0.3) is 0 Å². The highest BCUT2D eigenvalue weighted by molar-refractivity contribution is 5.82. The van der Waals surface area contributed by atoms with Crippen molar-refractivity contribution < 1.29 is 57.8 Å². The predicted octanol–water partition coefficient (Wildman–Crippen LogP) is 7.16. The number of phenolic OH excluding ortho intramolecular Hbond substituents is 2. The lowest BCUT2D eigenvalue weighted by atomic mass is 10.1. The Morgan fingerprint density at radius 3 is 1.36 bits per heavy atom. The summed E-state index contributed by atoms with van der Waals surface area (Å²) in [5, 5.41) is 23.8. The van der Waals surface area contributed by atoms with Gasteiger partial charge >= 0.3 is 24.1 Å². The molecule has 0 radical (unpaired) electrons. The van der Waals surface area contributed by atoms with Crippen molar-refractivity contribution in [3.63, 3.8) is 0 Å². The number of benzene rings is 4. The summed E-state index contributed by atoms with van der Waals surface area (Å²) in [6.45, 7) is 11.1. The van der Waals surface area contributed by atoms with Crippen LogP contribution in [0.1, 0.15) is 63.8 Å². The third-order valence-electron chi connectivity index (χ3n) is 7.76. The fraction of sp³-hybridized carbons (Fsp3) is 0.364. The lowest BCUT2D eigenvalue weighted by Crippen LogP contribution is -2.45. The summed E-state index contributed by atoms with van der Waals surface area (Å²) in [7, 11) is 2.49. The van der Waals surface area contributed by atoms with E-state index in [1.165, 1.54) is 32.4 Å². The third-order valence-corrected chi connectivity index (χ3v) is 7.76. The predicted molar refractivity (Wildman–Crippen MR) is 216 cm³/mol. The number of carbonyl (C=O) groups excluding carboxylic acids is 4. The monoisotopic (exact) mass is 802 g/mol. The first-order chi connectivity index (χ1) is 27.3. The molecule has 0 bridgehead atoms. The van der Waals surface area contributed by atoms with Gasteiger partial charge in [-0.2, -0.15) is 0 Å². The smallest absolute Gasteiger partial charge is 0.408 e. The molecule has 0 aliphatic heterocycles. The van der Waals surface area contributed by atoms with Gasteiger partial charge in [0.2, 0.25) is 0 Å². The molecule has 4 rings (SSSR count). The minimum absolute atomic E-state index is 0.0831. The molecule has 312 valence electrons. The van der Waals surface area contributed by atoms with Crippen molar-refractivity contribution in [2.45, 2.75) is 90.9 Å². The second kappa shape index (κ2) is 21.8. The van der Waals surface area contributed by atoms with Gasteiger partial charge in [0.05, 0.1) is 14.2 Å². The molecule has 0 unspecified atom stereocenters. The van der Waals surface area contributed by atoms with Crippen molar-refractivity contribution in [3.05, 3.63) is 119 Å². The summed E-state index contributed by atoms with van der Waals surface area (Å²) < 4.78 is 32.1.